The largest absolute Gasteiger partial charge is 0.463 e. The Balaban J connectivity index is 3.84. The normalized spacial score (nSPS) is 13.3. The molecule has 0 spiro atoms. The van der Waals surface area contributed by atoms with Crippen LogP contribution in [0.3, 0.4) is 0 Å². The maximum atomic E-state index is 9.10. The fraction of sp³-hybridized carbons (Fsp3) is 0.857. The molecule has 0 aromatic rings. The van der Waals surface area contributed by atoms with Crippen molar-refractivity contribution in [1.29, 1.82) is 0 Å². The number of aliphatic hydroxyl groups is 1. The highest BCUT2D eigenvalue weighted by molar-refractivity contribution is 5.69. The molecule has 0 amide bonds. The third kappa shape index (κ3) is 4.01. The summed E-state index contributed by atoms with van der Waals surface area (Å²) in [5, 5.41) is 9.10. The quantitative estimate of drug-likeness (QED) is 0.403. The van der Waals surface area contributed by atoms with Gasteiger partial charge in [0.15, 0.2) is 0 Å². The Morgan fingerprint density at radius 2 is 1.67 bits per heavy atom. The minimum absolute atomic E-state index is 0.215. The number of hydrogen-bond acceptors (Lipinski definition) is 0. The molecule has 9 heavy (non-hydrogen) atoms. The van der Waals surface area contributed by atoms with Crippen molar-refractivity contribution in [3.05, 3.63) is 0 Å². The highest BCUT2D eigenvalue weighted by Crippen LogP contribution is 1.85. The standard InChI is InChI=1S/C7H15NO/c1-5(2)7(9)8-6(3)4/h5-6H,1-4H3,(H,8,9)/p+1. The van der Waals surface area contributed by atoms with Crippen LogP contribution in [0.1, 0.15) is 27.7 Å². The van der Waals surface area contributed by atoms with E-state index >= 15 is 0 Å². The van der Waals surface area contributed by atoms with E-state index < -0.39 is 0 Å². The first-order valence-electron chi connectivity index (χ1n) is 3.36. The number of nitrogens with one attached hydrogen (secondary N) is 1. The monoisotopic (exact) mass is 130 g/mol. The van der Waals surface area contributed by atoms with Crippen molar-refractivity contribution < 1.29 is 10.1 Å². The van der Waals surface area contributed by atoms with Crippen molar-refractivity contribution in [1.82, 2.24) is 0 Å². The Bertz CT molecular complexity index is 105. The lowest BCUT2D eigenvalue weighted by Crippen LogP contribution is -2.78. The van der Waals surface area contributed by atoms with E-state index in [0.29, 0.717) is 11.9 Å². The molecular formula is C7H16NO+. The second-order valence-electron chi connectivity index (χ2n) is 2.84. The van der Waals surface area contributed by atoms with Crippen molar-refractivity contribution in [2.24, 2.45) is 5.92 Å². The molecule has 0 unspecified atom stereocenters. The first-order valence-corrected chi connectivity index (χ1v) is 3.36. The summed E-state index contributed by atoms with van der Waals surface area (Å²) in [6, 6.07) is 0.326. The fourth-order valence-corrected chi connectivity index (χ4v) is 0.462. The lowest BCUT2D eigenvalue weighted by Gasteiger charge is -1.96. The Kier molecular flexibility index (Phi) is 3.28. The first-order chi connectivity index (χ1) is 4.04. The van der Waals surface area contributed by atoms with Gasteiger partial charge in [0, 0.05) is 0 Å². The van der Waals surface area contributed by atoms with E-state index in [1.54, 1.807) is 0 Å². The smallest absolute Gasteiger partial charge is 0.334 e. The zero-order valence-corrected chi connectivity index (χ0v) is 6.60. The summed E-state index contributed by atoms with van der Waals surface area (Å²) in [6.45, 7) is 7.90. The molecule has 0 aromatic heterocycles. The van der Waals surface area contributed by atoms with Gasteiger partial charge in [0.05, 0.1) is 5.92 Å². The van der Waals surface area contributed by atoms with Gasteiger partial charge in [0.25, 0.3) is 0 Å². The Morgan fingerprint density at radius 3 is 1.78 bits per heavy atom. The van der Waals surface area contributed by atoms with Crippen molar-refractivity contribution in [2.45, 2.75) is 33.7 Å². The number of rotatable bonds is 2. The predicted molar refractivity (Wildman–Crippen MR) is 38.6 cm³/mol. The van der Waals surface area contributed by atoms with Crippen LogP contribution in [0.15, 0.2) is 0 Å². The maximum Gasteiger partial charge on any atom is 0.334 e. The predicted octanol–water partition coefficient (Wildman–Crippen LogP) is 0.0879. The van der Waals surface area contributed by atoms with Crippen LogP contribution in [0, 0.1) is 5.92 Å². The summed E-state index contributed by atoms with van der Waals surface area (Å²) in [5.41, 5.74) is 0. The Labute approximate surface area is 56.6 Å². The molecule has 0 atom stereocenters. The van der Waals surface area contributed by atoms with Crippen LogP contribution in [0.2, 0.25) is 0 Å². The zero-order chi connectivity index (χ0) is 7.44. The molecule has 0 saturated carbocycles. The summed E-state index contributed by atoms with van der Waals surface area (Å²) >= 11 is 0. The van der Waals surface area contributed by atoms with Crippen LogP contribution >= 0.6 is 0 Å². The van der Waals surface area contributed by atoms with Gasteiger partial charge in [-0.2, -0.15) is 0 Å². The second-order valence-corrected chi connectivity index (χ2v) is 2.84. The van der Waals surface area contributed by atoms with Gasteiger partial charge in [-0.3, -0.25) is 0 Å². The SMILES string of the molecule is CC(C)[NH+]=C(O)C(C)C. The van der Waals surface area contributed by atoms with Crippen molar-refractivity contribution in [3.63, 3.8) is 0 Å². The summed E-state index contributed by atoms with van der Waals surface area (Å²) in [6.07, 6.45) is 0. The van der Waals surface area contributed by atoms with Crippen molar-refractivity contribution >= 4 is 5.90 Å². The topological polar surface area (TPSA) is 34.2 Å². The Morgan fingerprint density at radius 1 is 1.22 bits per heavy atom. The molecule has 2 heteroatoms. The third-order valence-electron chi connectivity index (χ3n) is 0.983. The molecule has 2 N–H and O–H groups in total. The average Bonchev–Trinajstić information content (AvgIpc) is 1.63. The highest BCUT2D eigenvalue weighted by Gasteiger charge is 2.08. The summed E-state index contributed by atoms with van der Waals surface area (Å²) in [7, 11) is 0. The minimum Gasteiger partial charge on any atom is -0.463 e. The molecule has 0 rings (SSSR count). The van der Waals surface area contributed by atoms with Crippen LogP contribution in [-0.4, -0.2) is 17.0 Å². The van der Waals surface area contributed by atoms with Crippen LogP contribution in [0.25, 0.3) is 0 Å². The van der Waals surface area contributed by atoms with Gasteiger partial charge in [-0.05, 0) is 27.7 Å². The molecule has 0 fully saturated rings. The lowest BCUT2D eigenvalue weighted by molar-refractivity contribution is -0.504. The van der Waals surface area contributed by atoms with E-state index in [1.165, 1.54) is 0 Å². The van der Waals surface area contributed by atoms with Gasteiger partial charge in [-0.1, -0.05) is 0 Å². The maximum absolute atomic E-state index is 9.10. The summed E-state index contributed by atoms with van der Waals surface area (Å²) in [4.78, 5) is 2.91. The van der Waals surface area contributed by atoms with Crippen molar-refractivity contribution in [3.8, 4) is 0 Å². The molecular weight excluding hydrogens is 114 g/mol. The molecule has 0 aliphatic carbocycles. The number of aliphatic hydroxyl groups excluding tert-OH is 1. The summed E-state index contributed by atoms with van der Waals surface area (Å²) in [5.74, 6) is 0.595. The molecule has 0 heterocycles. The molecule has 0 bridgehead atoms. The van der Waals surface area contributed by atoms with E-state index in [1.807, 2.05) is 27.7 Å². The van der Waals surface area contributed by atoms with E-state index in [0.717, 1.165) is 0 Å². The fourth-order valence-electron chi connectivity index (χ4n) is 0.462. The van der Waals surface area contributed by atoms with E-state index in [-0.39, 0.29) is 5.92 Å². The van der Waals surface area contributed by atoms with Crippen LogP contribution < -0.4 is 4.99 Å². The van der Waals surface area contributed by atoms with Crippen LogP contribution in [0.5, 0.6) is 0 Å². The molecule has 0 aromatic carbocycles. The van der Waals surface area contributed by atoms with Crippen molar-refractivity contribution in [2.75, 3.05) is 0 Å². The van der Waals surface area contributed by atoms with Gasteiger partial charge >= 0.3 is 5.90 Å². The molecule has 0 aliphatic rings. The summed E-state index contributed by atoms with van der Waals surface area (Å²) < 4.78 is 0. The van der Waals surface area contributed by atoms with E-state index in [4.69, 9.17) is 5.11 Å². The molecule has 54 valence electrons. The average molecular weight is 130 g/mol. The van der Waals surface area contributed by atoms with Gasteiger partial charge in [0.1, 0.15) is 6.04 Å². The van der Waals surface area contributed by atoms with Crippen LogP contribution in [0.4, 0.5) is 0 Å². The van der Waals surface area contributed by atoms with Gasteiger partial charge in [0.2, 0.25) is 0 Å². The minimum atomic E-state index is 0.215. The van der Waals surface area contributed by atoms with E-state index in [2.05, 4.69) is 4.99 Å². The molecule has 0 saturated heterocycles. The molecule has 0 radical (unpaired) electrons. The molecule has 0 aliphatic heterocycles. The highest BCUT2D eigenvalue weighted by atomic mass is 16.3. The van der Waals surface area contributed by atoms with Gasteiger partial charge in [-0.15, -0.1) is 0 Å². The van der Waals surface area contributed by atoms with Gasteiger partial charge < -0.3 is 5.11 Å². The third-order valence-corrected chi connectivity index (χ3v) is 0.983. The lowest BCUT2D eigenvalue weighted by atomic mass is 10.2. The zero-order valence-electron chi connectivity index (χ0n) is 6.60. The second kappa shape index (κ2) is 3.49. The first kappa shape index (κ1) is 8.47. The Hall–Kier alpha value is -0.530. The molecule has 2 nitrogen and oxygen atoms in total. The number of hydrogen-bond donors (Lipinski definition) is 2. The van der Waals surface area contributed by atoms with Crippen LogP contribution in [-0.2, 0) is 0 Å². The van der Waals surface area contributed by atoms with Gasteiger partial charge in [-0.25, -0.2) is 4.99 Å². The van der Waals surface area contributed by atoms with E-state index in [9.17, 15) is 0 Å².